The van der Waals surface area contributed by atoms with Crippen LogP contribution in [-0.4, -0.2) is 23.0 Å². The smallest absolute Gasteiger partial charge is 0.229 e. The van der Waals surface area contributed by atoms with Crippen LogP contribution in [0.2, 0.25) is 5.02 Å². The van der Waals surface area contributed by atoms with Gasteiger partial charge < -0.3 is 20.1 Å². The molecule has 8 nitrogen and oxygen atoms in total. The number of aromatic nitrogens is 2. The standard InChI is InChI=1S/C28H26ClN5O3/c1-28(2,3)27(35)34-23-13-22-20(12-25(23)36-4)26(17(14-30)15-32-22)33-18-8-9-24(21(29)11-18)37-16-19-7-5-6-10-31-19/h5-13,15H,16H2,1-4H3,(H,32,33)(H,34,35). The zero-order valence-electron chi connectivity index (χ0n) is 20.9. The molecule has 0 atom stereocenters. The Labute approximate surface area is 220 Å². The molecule has 1 amide bonds. The molecule has 9 heteroatoms. The van der Waals surface area contributed by atoms with E-state index in [0.717, 1.165) is 5.69 Å². The van der Waals surface area contributed by atoms with Gasteiger partial charge in [0, 0.05) is 28.9 Å². The number of hydrogen-bond donors (Lipinski definition) is 2. The summed E-state index contributed by atoms with van der Waals surface area (Å²) in [4.78, 5) is 21.2. The molecule has 188 valence electrons. The molecule has 0 saturated carbocycles. The maximum Gasteiger partial charge on any atom is 0.229 e. The van der Waals surface area contributed by atoms with E-state index in [9.17, 15) is 10.1 Å². The topological polar surface area (TPSA) is 109 Å². The molecule has 2 heterocycles. The van der Waals surface area contributed by atoms with Crippen molar-refractivity contribution in [2.45, 2.75) is 27.4 Å². The van der Waals surface area contributed by atoms with E-state index in [2.05, 4.69) is 26.7 Å². The van der Waals surface area contributed by atoms with Crippen molar-refractivity contribution in [2.75, 3.05) is 17.7 Å². The van der Waals surface area contributed by atoms with Crippen LogP contribution in [-0.2, 0) is 11.4 Å². The van der Waals surface area contributed by atoms with Crippen LogP contribution in [0.5, 0.6) is 11.5 Å². The van der Waals surface area contributed by atoms with Gasteiger partial charge in [-0.05, 0) is 42.5 Å². The van der Waals surface area contributed by atoms with Crippen LogP contribution in [0.4, 0.5) is 17.1 Å². The number of nitrogens with one attached hydrogen (secondary N) is 2. The summed E-state index contributed by atoms with van der Waals surface area (Å²) in [6, 6.07) is 16.5. The summed E-state index contributed by atoms with van der Waals surface area (Å²) >= 11 is 6.48. The summed E-state index contributed by atoms with van der Waals surface area (Å²) in [5.74, 6) is 0.803. The Morgan fingerprint density at radius 3 is 2.57 bits per heavy atom. The number of methoxy groups -OCH3 is 1. The first-order chi connectivity index (χ1) is 17.7. The third-order valence-electron chi connectivity index (χ3n) is 5.54. The number of fused-ring (bicyclic) bond motifs is 1. The summed E-state index contributed by atoms with van der Waals surface area (Å²) in [7, 11) is 1.52. The van der Waals surface area contributed by atoms with Gasteiger partial charge in [-0.25, -0.2) is 0 Å². The number of nitriles is 1. The van der Waals surface area contributed by atoms with Gasteiger partial charge in [0.05, 0.1) is 40.3 Å². The second kappa shape index (κ2) is 10.7. The van der Waals surface area contributed by atoms with Crippen molar-refractivity contribution < 1.29 is 14.3 Å². The number of pyridine rings is 2. The summed E-state index contributed by atoms with van der Waals surface area (Å²) in [5, 5.41) is 17.0. The zero-order chi connectivity index (χ0) is 26.6. The average Bonchev–Trinajstić information content (AvgIpc) is 2.88. The highest BCUT2D eigenvalue weighted by Gasteiger charge is 2.23. The van der Waals surface area contributed by atoms with Crippen LogP contribution in [0.15, 0.2) is 60.9 Å². The van der Waals surface area contributed by atoms with Crippen molar-refractivity contribution in [3.05, 3.63) is 77.2 Å². The molecule has 0 bridgehead atoms. The van der Waals surface area contributed by atoms with Gasteiger partial charge in [-0.1, -0.05) is 38.4 Å². The number of rotatable bonds is 7. The van der Waals surface area contributed by atoms with Crippen LogP contribution in [0.1, 0.15) is 32.0 Å². The highest BCUT2D eigenvalue weighted by Crippen LogP contribution is 2.37. The SMILES string of the molecule is COc1cc2c(Nc3ccc(OCc4ccccn4)c(Cl)c3)c(C#N)cnc2cc1NC(=O)C(C)(C)C. The van der Waals surface area contributed by atoms with E-state index >= 15 is 0 Å². The lowest BCUT2D eigenvalue weighted by Crippen LogP contribution is -2.27. The summed E-state index contributed by atoms with van der Waals surface area (Å²) in [6.45, 7) is 5.77. The number of carbonyl (C=O) groups is 1. The van der Waals surface area contributed by atoms with E-state index in [1.807, 2.05) is 45.0 Å². The van der Waals surface area contributed by atoms with Gasteiger partial charge in [0.15, 0.2) is 0 Å². The molecule has 0 saturated heterocycles. The largest absolute Gasteiger partial charge is 0.495 e. The van der Waals surface area contributed by atoms with Crippen LogP contribution < -0.4 is 20.1 Å². The van der Waals surface area contributed by atoms with Crippen molar-refractivity contribution >= 4 is 45.5 Å². The molecule has 0 fully saturated rings. The van der Waals surface area contributed by atoms with Crippen molar-refractivity contribution in [2.24, 2.45) is 5.41 Å². The van der Waals surface area contributed by atoms with E-state index in [0.29, 0.717) is 50.1 Å². The summed E-state index contributed by atoms with van der Waals surface area (Å²) in [6.07, 6.45) is 3.19. The fourth-order valence-corrected chi connectivity index (χ4v) is 3.73. The Balaban J connectivity index is 1.65. The minimum atomic E-state index is -0.586. The highest BCUT2D eigenvalue weighted by molar-refractivity contribution is 6.32. The quantitative estimate of drug-likeness (QED) is 0.290. The molecule has 0 aliphatic heterocycles. The molecule has 0 radical (unpaired) electrons. The molecule has 0 spiro atoms. The monoisotopic (exact) mass is 515 g/mol. The number of benzene rings is 2. The van der Waals surface area contributed by atoms with E-state index < -0.39 is 5.41 Å². The number of hydrogen-bond acceptors (Lipinski definition) is 7. The predicted molar refractivity (Wildman–Crippen MR) is 144 cm³/mol. The van der Waals surface area contributed by atoms with Gasteiger partial charge in [0.25, 0.3) is 0 Å². The van der Waals surface area contributed by atoms with Crippen molar-refractivity contribution in [3.63, 3.8) is 0 Å². The van der Waals surface area contributed by atoms with Gasteiger partial charge >= 0.3 is 0 Å². The van der Waals surface area contributed by atoms with Crippen LogP contribution in [0.3, 0.4) is 0 Å². The number of amides is 1. The molecule has 2 N–H and O–H groups in total. The lowest BCUT2D eigenvalue weighted by atomic mass is 9.95. The molecule has 2 aromatic carbocycles. The maximum absolute atomic E-state index is 12.6. The van der Waals surface area contributed by atoms with Crippen LogP contribution in [0.25, 0.3) is 10.9 Å². The Morgan fingerprint density at radius 2 is 1.92 bits per heavy atom. The zero-order valence-corrected chi connectivity index (χ0v) is 21.7. The molecular weight excluding hydrogens is 490 g/mol. The van der Waals surface area contributed by atoms with Crippen molar-refractivity contribution in [1.82, 2.24) is 9.97 Å². The van der Waals surface area contributed by atoms with Gasteiger partial charge in [-0.15, -0.1) is 0 Å². The minimum Gasteiger partial charge on any atom is -0.495 e. The molecule has 0 aliphatic carbocycles. The molecule has 4 aromatic rings. The number of ether oxygens (including phenoxy) is 2. The van der Waals surface area contributed by atoms with Crippen molar-refractivity contribution in [3.8, 4) is 17.6 Å². The lowest BCUT2D eigenvalue weighted by molar-refractivity contribution is -0.123. The number of nitrogens with zero attached hydrogens (tertiary/aromatic N) is 3. The van der Waals surface area contributed by atoms with E-state index in [-0.39, 0.29) is 12.5 Å². The number of halogens is 1. The van der Waals surface area contributed by atoms with E-state index in [1.165, 1.54) is 13.3 Å². The fourth-order valence-electron chi connectivity index (χ4n) is 3.49. The van der Waals surface area contributed by atoms with E-state index in [4.69, 9.17) is 21.1 Å². The predicted octanol–water partition coefficient (Wildman–Crippen LogP) is 6.47. The third-order valence-corrected chi connectivity index (χ3v) is 5.84. The third kappa shape index (κ3) is 5.90. The Hall–Kier alpha value is -4.35. The summed E-state index contributed by atoms with van der Waals surface area (Å²) < 4.78 is 11.4. The second-order valence-electron chi connectivity index (χ2n) is 9.31. The molecule has 37 heavy (non-hydrogen) atoms. The molecule has 4 rings (SSSR count). The van der Waals surface area contributed by atoms with Gasteiger partial charge in [0.2, 0.25) is 5.91 Å². The van der Waals surface area contributed by atoms with Crippen LogP contribution in [0, 0.1) is 16.7 Å². The maximum atomic E-state index is 12.6. The van der Waals surface area contributed by atoms with Crippen molar-refractivity contribution in [1.29, 1.82) is 5.26 Å². The van der Waals surface area contributed by atoms with Gasteiger partial charge in [-0.3, -0.25) is 14.8 Å². The number of anilines is 3. The Morgan fingerprint density at radius 1 is 1.11 bits per heavy atom. The molecular formula is C28H26ClN5O3. The fraction of sp³-hybridized carbons (Fsp3) is 0.214. The molecule has 0 unspecified atom stereocenters. The summed E-state index contributed by atoms with van der Waals surface area (Å²) in [5.41, 5.74) is 2.81. The normalized spacial score (nSPS) is 11.0. The molecule has 0 aliphatic rings. The first kappa shape index (κ1) is 25.7. The first-order valence-electron chi connectivity index (χ1n) is 11.5. The number of carbonyl (C=O) groups excluding carboxylic acids is 1. The Bertz CT molecular complexity index is 1490. The highest BCUT2D eigenvalue weighted by atomic mass is 35.5. The van der Waals surface area contributed by atoms with Gasteiger partial charge in [-0.2, -0.15) is 5.26 Å². The van der Waals surface area contributed by atoms with Gasteiger partial charge in [0.1, 0.15) is 24.2 Å². The molecule has 2 aromatic heterocycles. The van der Waals surface area contributed by atoms with E-state index in [1.54, 1.807) is 30.5 Å². The van der Waals surface area contributed by atoms with Crippen LogP contribution >= 0.6 is 11.6 Å². The average molecular weight is 516 g/mol. The Kier molecular flexibility index (Phi) is 7.46. The minimum absolute atomic E-state index is 0.155. The first-order valence-corrected chi connectivity index (χ1v) is 11.9. The second-order valence-corrected chi connectivity index (χ2v) is 9.72. The lowest BCUT2D eigenvalue weighted by Gasteiger charge is -2.20.